The van der Waals surface area contributed by atoms with Crippen molar-refractivity contribution in [1.82, 2.24) is 10.3 Å². The highest BCUT2D eigenvalue weighted by molar-refractivity contribution is 7.80. The number of methoxy groups -OCH3 is 1. The van der Waals surface area contributed by atoms with Gasteiger partial charge in [-0.3, -0.25) is 0 Å². The summed E-state index contributed by atoms with van der Waals surface area (Å²) in [6.45, 7) is 1.48. The third-order valence-corrected chi connectivity index (χ3v) is 3.02. The number of hydrogen-bond acceptors (Lipinski definition) is 4. The molecule has 0 aliphatic rings. The van der Waals surface area contributed by atoms with Crippen LogP contribution in [-0.4, -0.2) is 30.4 Å². The number of anilines is 1. The van der Waals surface area contributed by atoms with Gasteiger partial charge in [-0.15, -0.1) is 0 Å². The summed E-state index contributed by atoms with van der Waals surface area (Å²) in [5, 5.41) is 6.74. The van der Waals surface area contributed by atoms with Crippen LogP contribution in [0.25, 0.3) is 0 Å². The first-order chi connectivity index (χ1) is 10.8. The van der Waals surface area contributed by atoms with E-state index in [-0.39, 0.29) is 0 Å². The van der Waals surface area contributed by atoms with E-state index in [0.717, 1.165) is 24.4 Å². The van der Waals surface area contributed by atoms with E-state index in [1.807, 2.05) is 36.4 Å². The Kier molecular flexibility index (Phi) is 6.60. The molecule has 0 aliphatic carbocycles. The Morgan fingerprint density at radius 3 is 2.68 bits per heavy atom. The zero-order valence-corrected chi connectivity index (χ0v) is 13.2. The first-order valence-electron chi connectivity index (χ1n) is 7.00. The quantitative estimate of drug-likeness (QED) is 0.604. The maximum Gasteiger partial charge on any atom is 0.219 e. The first-order valence-corrected chi connectivity index (χ1v) is 7.41. The van der Waals surface area contributed by atoms with Gasteiger partial charge in [-0.05, 0) is 36.8 Å². The summed E-state index contributed by atoms with van der Waals surface area (Å²) in [7, 11) is 1.68. The topological polar surface area (TPSA) is 55.4 Å². The molecule has 2 N–H and O–H groups in total. The van der Waals surface area contributed by atoms with Crippen molar-refractivity contribution in [3.05, 3.63) is 48.7 Å². The molecule has 2 aromatic rings. The summed E-state index contributed by atoms with van der Waals surface area (Å²) in [6.07, 6.45) is 2.59. The molecule has 1 heterocycles. The fourth-order valence-electron chi connectivity index (χ4n) is 1.72. The van der Waals surface area contributed by atoms with E-state index in [1.54, 1.807) is 19.4 Å². The zero-order chi connectivity index (χ0) is 15.6. The van der Waals surface area contributed by atoms with Crippen LogP contribution in [-0.2, 0) is 4.74 Å². The average Bonchev–Trinajstić information content (AvgIpc) is 2.54. The number of nitrogens with one attached hydrogen (secondary N) is 2. The number of rotatable bonds is 7. The largest absolute Gasteiger partial charge is 0.439 e. The molecule has 2 rings (SSSR count). The number of ether oxygens (including phenoxy) is 2. The van der Waals surface area contributed by atoms with Gasteiger partial charge in [0.05, 0.1) is 11.9 Å². The zero-order valence-electron chi connectivity index (χ0n) is 12.4. The Hall–Kier alpha value is -2.18. The number of thiocarbonyl (C=S) groups is 1. The van der Waals surface area contributed by atoms with Crippen molar-refractivity contribution in [2.24, 2.45) is 0 Å². The smallest absolute Gasteiger partial charge is 0.219 e. The van der Waals surface area contributed by atoms with Crippen molar-refractivity contribution >= 4 is 23.0 Å². The summed E-state index contributed by atoms with van der Waals surface area (Å²) < 4.78 is 10.6. The molecule has 0 amide bonds. The van der Waals surface area contributed by atoms with Crippen molar-refractivity contribution in [3.63, 3.8) is 0 Å². The molecule has 0 fully saturated rings. The van der Waals surface area contributed by atoms with Crippen molar-refractivity contribution in [3.8, 4) is 11.6 Å². The molecule has 0 bridgehead atoms. The average molecular weight is 317 g/mol. The maximum atomic E-state index is 5.63. The lowest BCUT2D eigenvalue weighted by Crippen LogP contribution is -2.29. The summed E-state index contributed by atoms with van der Waals surface area (Å²) in [5.74, 6) is 1.29. The van der Waals surface area contributed by atoms with Gasteiger partial charge in [0.25, 0.3) is 0 Å². The molecule has 1 aromatic heterocycles. The monoisotopic (exact) mass is 317 g/mol. The molecule has 0 radical (unpaired) electrons. The van der Waals surface area contributed by atoms with Gasteiger partial charge in [0.2, 0.25) is 5.88 Å². The maximum absolute atomic E-state index is 5.63. The normalized spacial score (nSPS) is 10.0. The number of benzene rings is 1. The molecule has 22 heavy (non-hydrogen) atoms. The Balaban J connectivity index is 1.80. The Morgan fingerprint density at radius 1 is 1.18 bits per heavy atom. The van der Waals surface area contributed by atoms with Crippen molar-refractivity contribution in [2.45, 2.75) is 6.42 Å². The van der Waals surface area contributed by atoms with Crippen LogP contribution in [0.1, 0.15) is 6.42 Å². The summed E-state index contributed by atoms with van der Waals surface area (Å²) >= 11 is 5.20. The van der Waals surface area contributed by atoms with Gasteiger partial charge in [-0.1, -0.05) is 18.2 Å². The third kappa shape index (κ3) is 5.67. The van der Waals surface area contributed by atoms with Crippen molar-refractivity contribution in [2.75, 3.05) is 25.6 Å². The van der Waals surface area contributed by atoms with Crippen molar-refractivity contribution in [1.29, 1.82) is 0 Å². The van der Waals surface area contributed by atoms with E-state index in [4.69, 9.17) is 21.7 Å². The molecular formula is C16H19N3O2S. The second kappa shape index (κ2) is 8.96. The summed E-state index contributed by atoms with van der Waals surface area (Å²) in [4.78, 5) is 4.24. The number of para-hydroxylation sites is 1. The Labute approximate surface area is 135 Å². The fourth-order valence-corrected chi connectivity index (χ4v) is 1.94. The Morgan fingerprint density at radius 2 is 2.00 bits per heavy atom. The predicted octanol–water partition coefficient (Wildman–Crippen LogP) is 3.20. The molecule has 116 valence electrons. The first kappa shape index (κ1) is 16.2. The lowest BCUT2D eigenvalue weighted by molar-refractivity contribution is 0.196. The SMILES string of the molecule is COCCCNC(=S)Nc1ccc(Oc2ccccc2)nc1. The van der Waals surface area contributed by atoms with Gasteiger partial charge in [-0.25, -0.2) is 4.98 Å². The molecular weight excluding hydrogens is 298 g/mol. The van der Waals surface area contributed by atoms with Gasteiger partial charge in [0.1, 0.15) is 5.75 Å². The van der Waals surface area contributed by atoms with E-state index in [9.17, 15) is 0 Å². The molecule has 0 saturated carbocycles. The highest BCUT2D eigenvalue weighted by atomic mass is 32.1. The number of aromatic nitrogens is 1. The number of nitrogens with zero attached hydrogens (tertiary/aromatic N) is 1. The lowest BCUT2D eigenvalue weighted by atomic mass is 10.3. The van der Waals surface area contributed by atoms with Gasteiger partial charge >= 0.3 is 0 Å². The second-order valence-corrected chi connectivity index (χ2v) is 4.94. The molecule has 0 aliphatic heterocycles. The molecule has 0 spiro atoms. The second-order valence-electron chi connectivity index (χ2n) is 4.53. The molecule has 5 nitrogen and oxygen atoms in total. The fraction of sp³-hybridized carbons (Fsp3) is 0.250. The van der Waals surface area contributed by atoms with Gasteiger partial charge in [0.15, 0.2) is 5.11 Å². The highest BCUT2D eigenvalue weighted by Gasteiger charge is 2.00. The number of hydrogen-bond donors (Lipinski definition) is 2. The van der Waals surface area contributed by atoms with E-state index < -0.39 is 0 Å². The minimum atomic E-state index is 0.538. The van der Waals surface area contributed by atoms with E-state index >= 15 is 0 Å². The molecule has 0 saturated heterocycles. The van der Waals surface area contributed by atoms with Gasteiger partial charge < -0.3 is 20.1 Å². The van der Waals surface area contributed by atoms with Crippen LogP contribution < -0.4 is 15.4 Å². The summed E-state index contributed by atoms with van der Waals surface area (Å²) in [6, 6.07) is 13.2. The molecule has 0 unspecified atom stereocenters. The predicted molar refractivity (Wildman–Crippen MR) is 91.5 cm³/mol. The molecule has 0 atom stereocenters. The highest BCUT2D eigenvalue weighted by Crippen LogP contribution is 2.19. The van der Waals surface area contributed by atoms with Crippen LogP contribution >= 0.6 is 12.2 Å². The van der Waals surface area contributed by atoms with Crippen LogP contribution in [0.5, 0.6) is 11.6 Å². The van der Waals surface area contributed by atoms with E-state index in [0.29, 0.717) is 17.6 Å². The minimum absolute atomic E-state index is 0.538. The van der Waals surface area contributed by atoms with E-state index in [1.165, 1.54) is 0 Å². The van der Waals surface area contributed by atoms with Gasteiger partial charge in [0, 0.05) is 26.3 Å². The number of pyridine rings is 1. The van der Waals surface area contributed by atoms with Crippen LogP contribution in [0.2, 0.25) is 0 Å². The lowest BCUT2D eigenvalue weighted by Gasteiger charge is -2.10. The standard InChI is InChI=1S/C16H19N3O2S/c1-20-11-5-10-17-16(22)19-13-8-9-15(18-12-13)21-14-6-3-2-4-7-14/h2-4,6-9,12H,5,10-11H2,1H3,(H2,17,19,22). The Bertz CT molecular complexity index is 576. The van der Waals surface area contributed by atoms with Crippen molar-refractivity contribution < 1.29 is 9.47 Å². The van der Waals surface area contributed by atoms with E-state index in [2.05, 4.69) is 15.6 Å². The van der Waals surface area contributed by atoms with Crippen LogP contribution in [0.3, 0.4) is 0 Å². The van der Waals surface area contributed by atoms with Gasteiger partial charge in [-0.2, -0.15) is 0 Å². The van der Waals surface area contributed by atoms with Crippen LogP contribution in [0, 0.1) is 0 Å². The third-order valence-electron chi connectivity index (χ3n) is 2.77. The molecule has 6 heteroatoms. The summed E-state index contributed by atoms with van der Waals surface area (Å²) in [5.41, 5.74) is 0.810. The van der Waals surface area contributed by atoms with Crippen LogP contribution in [0.4, 0.5) is 5.69 Å². The molecule has 1 aromatic carbocycles. The van der Waals surface area contributed by atoms with Crippen LogP contribution in [0.15, 0.2) is 48.7 Å². The minimum Gasteiger partial charge on any atom is -0.439 e.